The Kier molecular flexibility index (Phi) is 11.1. The van der Waals surface area contributed by atoms with Crippen LogP contribution in [0.25, 0.3) is 33.3 Å². The Hall–Kier alpha value is -5.35. The molecule has 2 N–H and O–H groups in total. The van der Waals surface area contributed by atoms with Crippen molar-refractivity contribution in [3.05, 3.63) is 104 Å². The second-order valence-electron chi connectivity index (χ2n) is 16.0. The van der Waals surface area contributed by atoms with Crippen molar-refractivity contribution in [2.45, 2.75) is 119 Å². The van der Waals surface area contributed by atoms with Gasteiger partial charge in [-0.25, -0.2) is 9.97 Å². The van der Waals surface area contributed by atoms with Crippen LogP contribution in [0.4, 0.5) is 0 Å². The molecule has 0 aliphatic carbocycles. The number of aryl methyl sites for hydroxylation is 3. The number of benzene rings is 1. The molecule has 7 rings (SSSR count). The number of unbranched alkanes of at least 4 members (excludes halogenated alkanes) is 1. The van der Waals surface area contributed by atoms with Crippen LogP contribution >= 0.6 is 0 Å². The molecule has 0 spiro atoms. The summed E-state index contributed by atoms with van der Waals surface area (Å²) in [6, 6.07) is 12.3. The molecule has 10 heteroatoms. The lowest BCUT2D eigenvalue weighted by atomic mass is 9.84. The number of hydrogen-bond donors (Lipinski definition) is 2. The molecule has 2 aromatic heterocycles. The van der Waals surface area contributed by atoms with Gasteiger partial charge in [0.2, 0.25) is 0 Å². The minimum atomic E-state index is -0.391. The fraction of sp³-hybridized carbons (Fsp3) is 0.426. The van der Waals surface area contributed by atoms with E-state index in [1.807, 2.05) is 39.0 Å². The van der Waals surface area contributed by atoms with Gasteiger partial charge in [-0.15, -0.1) is 0 Å². The largest absolute Gasteiger partial charge is 0.469 e. The van der Waals surface area contributed by atoms with Crippen LogP contribution in [0.1, 0.15) is 163 Å². The Labute approximate surface area is 335 Å². The van der Waals surface area contributed by atoms with Crippen LogP contribution < -0.4 is 0 Å². The number of carbonyl (C=O) groups is 3. The average molecular weight is 770 g/mol. The van der Waals surface area contributed by atoms with E-state index in [9.17, 15) is 9.59 Å². The maximum absolute atomic E-state index is 15.1. The van der Waals surface area contributed by atoms with Gasteiger partial charge in [0.25, 0.3) is 11.8 Å². The van der Waals surface area contributed by atoms with Crippen LogP contribution in [0.3, 0.4) is 0 Å². The van der Waals surface area contributed by atoms with Gasteiger partial charge in [-0.2, -0.15) is 0 Å². The van der Waals surface area contributed by atoms with E-state index in [0.717, 1.165) is 97.8 Å². The minimum absolute atomic E-state index is 0.120. The van der Waals surface area contributed by atoms with Gasteiger partial charge in [-0.05, 0) is 107 Å². The van der Waals surface area contributed by atoms with Gasteiger partial charge in [0.05, 0.1) is 59.2 Å². The van der Waals surface area contributed by atoms with Gasteiger partial charge < -0.3 is 19.4 Å². The summed E-state index contributed by atoms with van der Waals surface area (Å²) in [5.41, 5.74) is 14.8. The van der Waals surface area contributed by atoms with Crippen molar-refractivity contribution < 1.29 is 23.9 Å². The number of methoxy groups -OCH3 is 1. The predicted octanol–water partition coefficient (Wildman–Crippen LogP) is 10.1. The molecule has 4 aliphatic heterocycles. The summed E-state index contributed by atoms with van der Waals surface area (Å²) < 4.78 is 11.5. The van der Waals surface area contributed by atoms with Gasteiger partial charge in [-0.3, -0.25) is 19.3 Å². The molecule has 57 heavy (non-hydrogen) atoms. The molecule has 2 amide bonds. The summed E-state index contributed by atoms with van der Waals surface area (Å²) in [6.07, 6.45) is 3.16. The number of aromatic amines is 2. The molecule has 10 nitrogen and oxygen atoms in total. The number of nitrogens with zero attached hydrogens (tertiary/aromatic N) is 3. The van der Waals surface area contributed by atoms with Gasteiger partial charge >= 0.3 is 5.97 Å². The molecule has 1 aromatic carbocycles. The Bertz CT molecular complexity index is 2430. The van der Waals surface area contributed by atoms with Crippen LogP contribution in [-0.2, 0) is 20.8 Å². The quantitative estimate of drug-likeness (QED) is 0.113. The number of imide groups is 1. The highest BCUT2D eigenvalue weighted by molar-refractivity contribution is 6.23. The molecule has 0 saturated heterocycles. The monoisotopic (exact) mass is 769 g/mol. The molecular weight excluding hydrogens is 715 g/mol. The Morgan fingerprint density at radius 2 is 1.54 bits per heavy atom. The number of carbonyl (C=O) groups excluding carboxylic acids is 3. The van der Waals surface area contributed by atoms with E-state index < -0.39 is 5.91 Å². The van der Waals surface area contributed by atoms with Crippen molar-refractivity contribution in [3.8, 4) is 0 Å². The van der Waals surface area contributed by atoms with E-state index in [2.05, 4.69) is 69.7 Å². The molecule has 3 atom stereocenters. The number of H-pyrrole nitrogens is 2. The van der Waals surface area contributed by atoms with E-state index in [1.54, 1.807) is 0 Å². The zero-order valence-electron chi connectivity index (χ0n) is 35.0. The summed E-state index contributed by atoms with van der Waals surface area (Å²) in [7, 11) is 1.39. The van der Waals surface area contributed by atoms with Crippen LogP contribution in [0.5, 0.6) is 0 Å². The van der Waals surface area contributed by atoms with Crippen LogP contribution in [0.2, 0.25) is 0 Å². The highest BCUT2D eigenvalue weighted by Crippen LogP contribution is 2.45. The lowest BCUT2D eigenvalue weighted by molar-refractivity contribution is -0.140. The molecule has 4 aliphatic rings. The van der Waals surface area contributed by atoms with Crippen LogP contribution in [0.15, 0.2) is 36.4 Å². The first-order valence-electron chi connectivity index (χ1n) is 20.4. The number of amides is 2. The predicted molar refractivity (Wildman–Crippen MR) is 225 cm³/mol. The van der Waals surface area contributed by atoms with Crippen molar-refractivity contribution in [3.63, 3.8) is 0 Å². The average Bonchev–Trinajstić information content (AvgIpc) is 3.85. The molecule has 0 fully saturated rings. The Balaban J connectivity index is 1.56. The van der Waals surface area contributed by atoms with E-state index in [0.29, 0.717) is 35.4 Å². The van der Waals surface area contributed by atoms with E-state index in [-0.39, 0.29) is 42.8 Å². The molecule has 3 aromatic rings. The van der Waals surface area contributed by atoms with Gasteiger partial charge in [0.15, 0.2) is 0 Å². The number of esters is 1. The molecule has 8 bridgehead atoms. The number of nitrogens with one attached hydrogen (secondary N) is 2. The van der Waals surface area contributed by atoms with Crippen molar-refractivity contribution in [2.75, 3.05) is 13.7 Å². The molecular formula is C47H55N5O5. The van der Waals surface area contributed by atoms with Crippen LogP contribution in [-0.4, -0.2) is 62.4 Å². The van der Waals surface area contributed by atoms with Crippen molar-refractivity contribution in [1.29, 1.82) is 0 Å². The lowest BCUT2D eigenvalue weighted by Crippen LogP contribution is -2.40. The number of fused-ring (bicyclic) bond motifs is 8. The normalized spacial score (nSPS) is 17.8. The summed E-state index contributed by atoms with van der Waals surface area (Å²) in [5, 5.41) is 0. The number of aromatic nitrogens is 4. The van der Waals surface area contributed by atoms with Gasteiger partial charge in [0, 0.05) is 47.3 Å². The first-order chi connectivity index (χ1) is 27.3. The summed E-state index contributed by atoms with van der Waals surface area (Å²) >= 11 is 0. The first kappa shape index (κ1) is 39.9. The second-order valence-corrected chi connectivity index (χ2v) is 16.0. The standard InChI is InChI=1S/C47H55N5O5/c1-11-13-16-57-30(9)41-28(7)36-20-35-27(6)33(14-15-40(53)56-10)44(50-35)43-45-42(46(54)52(47(43)55)23-31-18-24(3)17-25(4)19-31)29(8)37(51-45)21-38-32(12-2)26(5)34(48-38)22-39(41)49-36/h17-22,27,30,33,50-51H,11-16,23H2,1-10H3/t27-,30?,33-/m0/s1. The summed E-state index contributed by atoms with van der Waals surface area (Å²) in [5.74, 6) is -1.46. The maximum atomic E-state index is 15.1. The van der Waals surface area contributed by atoms with Gasteiger partial charge in [-0.1, -0.05) is 56.5 Å². The van der Waals surface area contributed by atoms with Crippen molar-refractivity contribution >= 4 is 51.1 Å². The number of ether oxygens (including phenoxy) is 2. The molecule has 0 saturated carbocycles. The highest BCUT2D eigenvalue weighted by Gasteiger charge is 2.41. The third-order valence-corrected chi connectivity index (χ3v) is 12.1. The maximum Gasteiger partial charge on any atom is 0.305 e. The Morgan fingerprint density at radius 3 is 2.23 bits per heavy atom. The topological polar surface area (TPSA) is 130 Å². The summed E-state index contributed by atoms with van der Waals surface area (Å²) in [4.78, 5) is 61.4. The van der Waals surface area contributed by atoms with Crippen molar-refractivity contribution in [1.82, 2.24) is 24.8 Å². The zero-order valence-corrected chi connectivity index (χ0v) is 35.0. The number of hydrogen-bond acceptors (Lipinski definition) is 7. The highest BCUT2D eigenvalue weighted by atomic mass is 16.5. The SMILES string of the molecule is CCCCOC(C)C1=C(C)c2cc3[nH]c(c4c5[nH]c(cc6nc(cc1n2)C(C)=C6CC)c(C)c5C(=O)N(Cc1cc(C)cc(C)c1)C4=O)[C@@H](CCC(=O)OC)[C@@H]3C. The van der Waals surface area contributed by atoms with E-state index in [4.69, 9.17) is 19.4 Å². The Morgan fingerprint density at radius 1 is 0.860 bits per heavy atom. The number of allylic oxidation sites excluding steroid dienone is 3. The first-order valence-corrected chi connectivity index (χ1v) is 20.4. The van der Waals surface area contributed by atoms with E-state index >= 15 is 4.79 Å². The second kappa shape index (κ2) is 15.9. The van der Waals surface area contributed by atoms with Crippen LogP contribution in [0, 0.1) is 20.8 Å². The third kappa shape index (κ3) is 7.24. The minimum Gasteiger partial charge on any atom is -0.469 e. The third-order valence-electron chi connectivity index (χ3n) is 12.1. The van der Waals surface area contributed by atoms with Gasteiger partial charge in [0.1, 0.15) is 0 Å². The molecule has 6 heterocycles. The molecule has 0 radical (unpaired) electrons. The molecule has 298 valence electrons. The number of rotatable bonds is 11. The lowest BCUT2D eigenvalue weighted by Gasteiger charge is -2.27. The fourth-order valence-corrected chi connectivity index (χ4v) is 9.03. The fourth-order valence-electron chi connectivity index (χ4n) is 9.03. The zero-order chi connectivity index (χ0) is 40.9. The smallest absolute Gasteiger partial charge is 0.305 e. The van der Waals surface area contributed by atoms with Crippen molar-refractivity contribution in [2.24, 2.45) is 0 Å². The summed E-state index contributed by atoms with van der Waals surface area (Å²) in [6.45, 7) is 19.4. The molecule has 1 unspecified atom stereocenters. The van der Waals surface area contributed by atoms with E-state index in [1.165, 1.54) is 12.0 Å².